The van der Waals surface area contributed by atoms with Crippen LogP contribution in [0.15, 0.2) is 18.2 Å². The van der Waals surface area contributed by atoms with Crippen molar-refractivity contribution >= 4 is 15.7 Å². The molecule has 18 heavy (non-hydrogen) atoms. The van der Waals surface area contributed by atoms with Crippen molar-refractivity contribution in [3.05, 3.63) is 29.3 Å². The van der Waals surface area contributed by atoms with Crippen molar-refractivity contribution in [2.45, 2.75) is 25.1 Å². The zero-order valence-electron chi connectivity index (χ0n) is 10.1. The molecule has 0 radical (unpaired) electrons. The first-order chi connectivity index (χ1) is 8.54. The van der Waals surface area contributed by atoms with Crippen LogP contribution in [0.1, 0.15) is 18.1 Å². The van der Waals surface area contributed by atoms with Crippen LogP contribution in [0.3, 0.4) is 0 Å². The van der Waals surface area contributed by atoms with Crippen LogP contribution in [0.2, 0.25) is 0 Å². The van der Waals surface area contributed by atoms with Gasteiger partial charge >= 0.3 is 0 Å². The Hall–Kier alpha value is -1.58. The Morgan fingerprint density at radius 3 is 3.00 bits per heavy atom. The molecule has 6 heteroatoms. The molecule has 1 aromatic rings. The van der Waals surface area contributed by atoms with Crippen LogP contribution < -0.4 is 10.0 Å². The van der Waals surface area contributed by atoms with Crippen molar-refractivity contribution in [3.63, 3.8) is 0 Å². The molecule has 1 aliphatic heterocycles. The number of benzene rings is 1. The lowest BCUT2D eigenvalue weighted by Crippen LogP contribution is -2.28. The van der Waals surface area contributed by atoms with Crippen LogP contribution in [0.5, 0.6) is 0 Å². The monoisotopic (exact) mass is 265 g/mol. The van der Waals surface area contributed by atoms with E-state index in [0.717, 1.165) is 24.1 Å². The summed E-state index contributed by atoms with van der Waals surface area (Å²) in [7, 11) is -3.64. The second kappa shape index (κ2) is 4.96. The lowest BCUT2D eigenvalue weighted by Gasteiger charge is -2.21. The molecule has 0 bridgehead atoms. The van der Waals surface area contributed by atoms with E-state index in [9.17, 15) is 8.42 Å². The van der Waals surface area contributed by atoms with E-state index in [1.807, 2.05) is 12.1 Å². The Labute approximate surface area is 107 Å². The number of nitrogens with zero attached hydrogens (tertiary/aromatic N) is 1. The SMILES string of the molecule is CC(C#N)S(=O)(=O)Nc1cccc2c1CNCC2. The molecule has 5 nitrogen and oxygen atoms in total. The fourth-order valence-corrected chi connectivity index (χ4v) is 2.73. The smallest absolute Gasteiger partial charge is 0.248 e. The minimum absolute atomic E-state index is 0.571. The predicted molar refractivity (Wildman–Crippen MR) is 69.5 cm³/mol. The third-order valence-corrected chi connectivity index (χ3v) is 4.59. The molecule has 0 aliphatic carbocycles. The van der Waals surface area contributed by atoms with E-state index in [0.29, 0.717) is 12.2 Å². The highest BCUT2D eigenvalue weighted by Gasteiger charge is 2.22. The molecule has 0 amide bonds. The first-order valence-corrected chi connectivity index (χ1v) is 7.32. The summed E-state index contributed by atoms with van der Waals surface area (Å²) >= 11 is 0. The van der Waals surface area contributed by atoms with E-state index >= 15 is 0 Å². The highest BCUT2D eigenvalue weighted by atomic mass is 32.2. The minimum atomic E-state index is -3.64. The standard InChI is InChI=1S/C12H15N3O2S/c1-9(7-13)18(16,17)15-12-4-2-3-10-5-6-14-8-11(10)12/h2-4,9,14-15H,5-6,8H2,1H3. The van der Waals surface area contributed by atoms with Gasteiger partial charge in [-0.15, -0.1) is 0 Å². The lowest BCUT2D eigenvalue weighted by molar-refractivity contribution is 0.596. The predicted octanol–water partition coefficient (Wildman–Crippen LogP) is 0.986. The number of sulfonamides is 1. The van der Waals surface area contributed by atoms with E-state index in [1.165, 1.54) is 6.92 Å². The van der Waals surface area contributed by atoms with Gasteiger partial charge in [0.15, 0.2) is 5.25 Å². The summed E-state index contributed by atoms with van der Waals surface area (Å²) in [5.41, 5.74) is 2.69. The molecule has 96 valence electrons. The molecule has 1 unspecified atom stereocenters. The molecule has 0 fully saturated rings. The first-order valence-electron chi connectivity index (χ1n) is 5.77. The van der Waals surface area contributed by atoms with Crippen molar-refractivity contribution in [2.24, 2.45) is 0 Å². The second-order valence-electron chi connectivity index (χ2n) is 4.29. The number of hydrogen-bond acceptors (Lipinski definition) is 4. The van der Waals surface area contributed by atoms with Gasteiger partial charge in [0.1, 0.15) is 0 Å². The van der Waals surface area contributed by atoms with Gasteiger partial charge in [0.2, 0.25) is 10.0 Å². The number of anilines is 1. The van der Waals surface area contributed by atoms with E-state index in [2.05, 4.69) is 10.0 Å². The molecule has 1 heterocycles. The Morgan fingerprint density at radius 2 is 2.28 bits per heavy atom. The molecular formula is C12H15N3O2S. The fourth-order valence-electron chi connectivity index (χ4n) is 1.92. The summed E-state index contributed by atoms with van der Waals surface area (Å²) in [5.74, 6) is 0. The van der Waals surface area contributed by atoms with Crippen molar-refractivity contribution in [3.8, 4) is 6.07 Å². The molecule has 2 N–H and O–H groups in total. The third-order valence-electron chi connectivity index (χ3n) is 3.05. The lowest BCUT2D eigenvalue weighted by atomic mass is 10.00. The quantitative estimate of drug-likeness (QED) is 0.853. The molecule has 1 atom stereocenters. The summed E-state index contributed by atoms with van der Waals surface area (Å²) in [6.45, 7) is 2.92. The van der Waals surface area contributed by atoms with Gasteiger partial charge in [-0.1, -0.05) is 12.1 Å². The maximum absolute atomic E-state index is 11.9. The van der Waals surface area contributed by atoms with Gasteiger partial charge in [0.25, 0.3) is 0 Å². The zero-order valence-corrected chi connectivity index (χ0v) is 10.9. The maximum Gasteiger partial charge on any atom is 0.248 e. The van der Waals surface area contributed by atoms with Crippen molar-refractivity contribution in [1.82, 2.24) is 5.32 Å². The molecule has 2 rings (SSSR count). The first kappa shape index (κ1) is 12.9. The van der Waals surface area contributed by atoms with Crippen molar-refractivity contribution in [2.75, 3.05) is 11.3 Å². The summed E-state index contributed by atoms with van der Waals surface area (Å²) in [4.78, 5) is 0. The van der Waals surface area contributed by atoms with Crippen LogP contribution in [0, 0.1) is 11.3 Å². The second-order valence-corrected chi connectivity index (χ2v) is 6.29. The van der Waals surface area contributed by atoms with E-state index in [-0.39, 0.29) is 0 Å². The summed E-state index contributed by atoms with van der Waals surface area (Å²) in [6.07, 6.45) is 0.888. The van der Waals surface area contributed by atoms with Crippen LogP contribution in [-0.4, -0.2) is 20.2 Å². The fraction of sp³-hybridized carbons (Fsp3) is 0.417. The Kier molecular flexibility index (Phi) is 3.55. The molecule has 0 saturated carbocycles. The molecular weight excluding hydrogens is 250 g/mol. The molecule has 0 saturated heterocycles. The van der Waals surface area contributed by atoms with Crippen LogP contribution in [0.25, 0.3) is 0 Å². The number of nitrogens with one attached hydrogen (secondary N) is 2. The van der Waals surface area contributed by atoms with Gasteiger partial charge in [-0.05, 0) is 37.1 Å². The topological polar surface area (TPSA) is 82.0 Å². The molecule has 0 aromatic heterocycles. The van der Waals surface area contributed by atoms with Gasteiger partial charge in [-0.25, -0.2) is 8.42 Å². The van der Waals surface area contributed by atoms with E-state index in [4.69, 9.17) is 5.26 Å². The normalized spacial score (nSPS) is 16.4. The Morgan fingerprint density at radius 1 is 1.50 bits per heavy atom. The summed E-state index contributed by atoms with van der Waals surface area (Å²) in [6, 6.07) is 7.30. The van der Waals surface area contributed by atoms with Crippen LogP contribution in [-0.2, 0) is 23.0 Å². The maximum atomic E-state index is 11.9. The number of hydrogen-bond donors (Lipinski definition) is 2. The van der Waals surface area contributed by atoms with Crippen LogP contribution in [0.4, 0.5) is 5.69 Å². The minimum Gasteiger partial charge on any atom is -0.312 e. The average molecular weight is 265 g/mol. The van der Waals surface area contributed by atoms with Crippen molar-refractivity contribution in [1.29, 1.82) is 5.26 Å². The molecule has 1 aliphatic rings. The van der Waals surface area contributed by atoms with E-state index < -0.39 is 15.3 Å². The number of fused-ring (bicyclic) bond motifs is 1. The van der Waals surface area contributed by atoms with Gasteiger partial charge in [-0.2, -0.15) is 5.26 Å². The summed E-state index contributed by atoms with van der Waals surface area (Å²) in [5, 5.41) is 10.9. The average Bonchev–Trinajstić information content (AvgIpc) is 2.38. The zero-order chi connectivity index (χ0) is 13.2. The Balaban J connectivity index is 2.34. The van der Waals surface area contributed by atoms with Gasteiger partial charge in [0, 0.05) is 6.54 Å². The van der Waals surface area contributed by atoms with Gasteiger partial charge in [0.05, 0.1) is 11.8 Å². The van der Waals surface area contributed by atoms with Gasteiger partial charge < -0.3 is 5.32 Å². The largest absolute Gasteiger partial charge is 0.312 e. The van der Waals surface area contributed by atoms with Gasteiger partial charge in [-0.3, -0.25) is 4.72 Å². The van der Waals surface area contributed by atoms with Crippen molar-refractivity contribution < 1.29 is 8.42 Å². The highest BCUT2D eigenvalue weighted by Crippen LogP contribution is 2.24. The Bertz CT molecular complexity index is 590. The number of nitriles is 1. The number of rotatable bonds is 3. The molecule has 1 aromatic carbocycles. The van der Waals surface area contributed by atoms with Crippen LogP contribution >= 0.6 is 0 Å². The van der Waals surface area contributed by atoms with E-state index in [1.54, 1.807) is 12.1 Å². The highest BCUT2D eigenvalue weighted by molar-refractivity contribution is 7.93. The molecule has 0 spiro atoms. The summed E-state index contributed by atoms with van der Waals surface area (Å²) < 4.78 is 26.2. The third kappa shape index (κ3) is 2.47.